The number of fused-ring (bicyclic) bond motifs is 1. The lowest BCUT2D eigenvalue weighted by atomic mass is 10.0. The first-order valence-corrected chi connectivity index (χ1v) is 11.2. The van der Waals surface area contributed by atoms with Gasteiger partial charge in [0.05, 0.1) is 13.2 Å². The number of aromatic nitrogens is 1. The number of amides is 2. The quantitative estimate of drug-likeness (QED) is 0.646. The van der Waals surface area contributed by atoms with Gasteiger partial charge in [0.1, 0.15) is 5.75 Å². The number of carbonyl (C=O) groups is 2. The van der Waals surface area contributed by atoms with E-state index < -0.39 is 0 Å². The fourth-order valence-corrected chi connectivity index (χ4v) is 4.00. The molecule has 0 radical (unpaired) electrons. The topological polar surface area (TPSA) is 84.0 Å². The highest BCUT2D eigenvalue weighted by Gasteiger charge is 2.18. The number of carbonyl (C=O) groups excluding carboxylic acids is 2. The Morgan fingerprint density at radius 1 is 1.16 bits per heavy atom. The zero-order valence-electron chi connectivity index (χ0n) is 18.3. The van der Waals surface area contributed by atoms with Crippen LogP contribution in [0.2, 0.25) is 0 Å². The Morgan fingerprint density at radius 3 is 2.78 bits per heavy atom. The third kappa shape index (κ3) is 6.27. The van der Waals surface area contributed by atoms with Crippen molar-refractivity contribution in [2.75, 3.05) is 51.3 Å². The van der Waals surface area contributed by atoms with E-state index in [-0.39, 0.29) is 18.4 Å². The van der Waals surface area contributed by atoms with E-state index in [9.17, 15) is 9.59 Å². The molecule has 0 spiro atoms. The van der Waals surface area contributed by atoms with Gasteiger partial charge < -0.3 is 19.7 Å². The standard InChI is InChI=1S/C24H30N4O4/c29-23-5-2-20-16-21(3-4-22(20)26-23)32-18-24(30)28(17-19-6-8-25-9-7-19)11-1-10-27-12-14-31-15-13-27/h3-4,6-9,16H,1-2,5,10-15,17-18H2,(H,26,29). The highest BCUT2D eigenvalue weighted by molar-refractivity contribution is 5.94. The molecule has 3 heterocycles. The molecule has 2 aliphatic heterocycles. The number of nitrogens with one attached hydrogen (secondary N) is 1. The Hall–Kier alpha value is -2.97. The van der Waals surface area contributed by atoms with Crippen LogP contribution in [0.1, 0.15) is 24.0 Å². The molecule has 0 saturated carbocycles. The second-order valence-corrected chi connectivity index (χ2v) is 8.13. The van der Waals surface area contributed by atoms with Crippen molar-refractivity contribution >= 4 is 17.5 Å². The summed E-state index contributed by atoms with van der Waals surface area (Å²) in [6, 6.07) is 9.40. The van der Waals surface area contributed by atoms with Crippen molar-refractivity contribution < 1.29 is 19.1 Å². The number of nitrogens with zero attached hydrogens (tertiary/aromatic N) is 3. The third-order valence-corrected chi connectivity index (χ3v) is 5.82. The predicted octanol–water partition coefficient (Wildman–Crippen LogP) is 2.10. The van der Waals surface area contributed by atoms with Gasteiger partial charge in [0.2, 0.25) is 5.91 Å². The summed E-state index contributed by atoms with van der Waals surface area (Å²) in [4.78, 5) is 32.9. The molecule has 4 rings (SSSR count). The van der Waals surface area contributed by atoms with Crippen LogP contribution in [0.15, 0.2) is 42.7 Å². The molecular weight excluding hydrogens is 408 g/mol. The Morgan fingerprint density at radius 2 is 1.97 bits per heavy atom. The SMILES string of the molecule is O=C1CCc2cc(OCC(=O)N(CCCN3CCOCC3)Cc3ccncc3)ccc2N1. The van der Waals surface area contributed by atoms with Gasteiger partial charge in [-0.25, -0.2) is 0 Å². The normalized spacial score (nSPS) is 16.2. The van der Waals surface area contributed by atoms with E-state index in [1.807, 2.05) is 29.2 Å². The Bertz CT molecular complexity index is 915. The molecule has 1 saturated heterocycles. The van der Waals surface area contributed by atoms with Gasteiger partial charge in [0.25, 0.3) is 5.91 Å². The summed E-state index contributed by atoms with van der Waals surface area (Å²) in [6.45, 7) is 5.56. The van der Waals surface area contributed by atoms with Gasteiger partial charge >= 0.3 is 0 Å². The van der Waals surface area contributed by atoms with Crippen molar-refractivity contribution in [3.05, 3.63) is 53.9 Å². The van der Waals surface area contributed by atoms with Crippen molar-refractivity contribution in [2.24, 2.45) is 0 Å². The average Bonchev–Trinajstić information content (AvgIpc) is 2.83. The zero-order chi connectivity index (χ0) is 22.2. The molecule has 2 aliphatic rings. The van der Waals surface area contributed by atoms with Gasteiger partial charge in [-0.15, -0.1) is 0 Å². The van der Waals surface area contributed by atoms with Gasteiger partial charge in [-0.2, -0.15) is 0 Å². The zero-order valence-corrected chi connectivity index (χ0v) is 18.3. The summed E-state index contributed by atoms with van der Waals surface area (Å²) in [6.07, 6.45) is 5.54. The molecule has 170 valence electrons. The number of morpholine rings is 1. The Balaban J connectivity index is 1.34. The van der Waals surface area contributed by atoms with E-state index in [1.54, 1.807) is 18.5 Å². The summed E-state index contributed by atoms with van der Waals surface area (Å²) in [5, 5.41) is 2.86. The highest BCUT2D eigenvalue weighted by Crippen LogP contribution is 2.26. The van der Waals surface area contributed by atoms with Crippen LogP contribution >= 0.6 is 0 Å². The fraction of sp³-hybridized carbons (Fsp3) is 0.458. The second-order valence-electron chi connectivity index (χ2n) is 8.13. The van der Waals surface area contributed by atoms with Crippen LogP contribution in [0.4, 0.5) is 5.69 Å². The van der Waals surface area contributed by atoms with Crippen LogP contribution in [-0.4, -0.2) is 72.6 Å². The highest BCUT2D eigenvalue weighted by atomic mass is 16.5. The molecule has 8 nitrogen and oxygen atoms in total. The average molecular weight is 439 g/mol. The van der Waals surface area contributed by atoms with E-state index >= 15 is 0 Å². The minimum Gasteiger partial charge on any atom is -0.484 e. The van der Waals surface area contributed by atoms with Crippen molar-refractivity contribution in [3.63, 3.8) is 0 Å². The molecule has 0 unspecified atom stereocenters. The lowest BCUT2D eigenvalue weighted by molar-refractivity contribution is -0.134. The molecule has 2 aromatic rings. The molecular formula is C24H30N4O4. The van der Waals surface area contributed by atoms with Crippen LogP contribution in [0.3, 0.4) is 0 Å². The summed E-state index contributed by atoms with van der Waals surface area (Å²) in [7, 11) is 0. The Labute approximate surface area is 188 Å². The van der Waals surface area contributed by atoms with Crippen LogP contribution < -0.4 is 10.1 Å². The molecule has 0 atom stereocenters. The van der Waals surface area contributed by atoms with E-state index in [1.165, 1.54) is 0 Å². The minimum atomic E-state index is -0.0465. The van der Waals surface area contributed by atoms with Crippen LogP contribution in [-0.2, 0) is 27.3 Å². The van der Waals surface area contributed by atoms with Gasteiger partial charge in [0.15, 0.2) is 6.61 Å². The summed E-state index contributed by atoms with van der Waals surface area (Å²) in [5.74, 6) is 0.630. The number of rotatable bonds is 9. The molecule has 0 aliphatic carbocycles. The first kappa shape index (κ1) is 22.2. The lowest BCUT2D eigenvalue weighted by Crippen LogP contribution is -2.40. The van der Waals surface area contributed by atoms with Crippen molar-refractivity contribution in [2.45, 2.75) is 25.8 Å². The monoisotopic (exact) mass is 438 g/mol. The number of hydrogen-bond acceptors (Lipinski definition) is 6. The fourth-order valence-electron chi connectivity index (χ4n) is 4.00. The van der Waals surface area contributed by atoms with Crippen LogP contribution in [0.5, 0.6) is 5.75 Å². The third-order valence-electron chi connectivity index (χ3n) is 5.82. The Kier molecular flexibility index (Phi) is 7.68. The molecule has 0 bridgehead atoms. The second kappa shape index (κ2) is 11.1. The van der Waals surface area contributed by atoms with Crippen molar-refractivity contribution in [3.8, 4) is 5.75 Å². The molecule has 1 N–H and O–H groups in total. The summed E-state index contributed by atoms with van der Waals surface area (Å²) in [5.41, 5.74) is 2.90. The van der Waals surface area contributed by atoms with Crippen molar-refractivity contribution in [1.82, 2.24) is 14.8 Å². The van der Waals surface area contributed by atoms with Crippen LogP contribution in [0.25, 0.3) is 0 Å². The number of hydrogen-bond donors (Lipinski definition) is 1. The van der Waals surface area contributed by atoms with Gasteiger partial charge in [-0.1, -0.05) is 0 Å². The minimum absolute atomic E-state index is 0.0201. The van der Waals surface area contributed by atoms with E-state index in [0.29, 0.717) is 31.7 Å². The maximum absolute atomic E-state index is 13.0. The predicted molar refractivity (Wildman–Crippen MR) is 120 cm³/mol. The summed E-state index contributed by atoms with van der Waals surface area (Å²) >= 11 is 0. The van der Waals surface area contributed by atoms with E-state index in [4.69, 9.17) is 9.47 Å². The van der Waals surface area contributed by atoms with Crippen LogP contribution in [0, 0.1) is 0 Å². The smallest absolute Gasteiger partial charge is 0.260 e. The number of aryl methyl sites for hydroxylation is 1. The molecule has 8 heteroatoms. The largest absolute Gasteiger partial charge is 0.484 e. The van der Waals surface area contributed by atoms with Gasteiger partial charge in [0, 0.05) is 57.2 Å². The van der Waals surface area contributed by atoms with Gasteiger partial charge in [-0.3, -0.25) is 19.5 Å². The lowest BCUT2D eigenvalue weighted by Gasteiger charge is -2.28. The first-order valence-electron chi connectivity index (χ1n) is 11.2. The number of anilines is 1. The van der Waals surface area contributed by atoms with E-state index in [0.717, 1.165) is 56.1 Å². The van der Waals surface area contributed by atoms with E-state index in [2.05, 4.69) is 15.2 Å². The van der Waals surface area contributed by atoms with Crippen molar-refractivity contribution in [1.29, 1.82) is 0 Å². The molecule has 1 fully saturated rings. The van der Waals surface area contributed by atoms with Gasteiger partial charge in [-0.05, 0) is 54.3 Å². The molecule has 1 aromatic heterocycles. The molecule has 2 amide bonds. The first-order chi connectivity index (χ1) is 15.7. The number of ether oxygens (including phenoxy) is 2. The number of pyridine rings is 1. The molecule has 1 aromatic carbocycles. The molecule has 32 heavy (non-hydrogen) atoms. The number of benzene rings is 1. The summed E-state index contributed by atoms with van der Waals surface area (Å²) < 4.78 is 11.2. The maximum Gasteiger partial charge on any atom is 0.260 e. The maximum atomic E-state index is 13.0.